The van der Waals surface area contributed by atoms with Crippen LogP contribution < -0.4 is 0 Å². The van der Waals surface area contributed by atoms with Gasteiger partial charge in [0.2, 0.25) is 0 Å². The number of unbranched alkanes of at least 4 members (excludes halogenated alkanes) is 4. The van der Waals surface area contributed by atoms with E-state index in [-0.39, 0.29) is 63.6 Å². The summed E-state index contributed by atoms with van der Waals surface area (Å²) < 4.78 is 25.5. The molecule has 0 aromatic rings. The summed E-state index contributed by atoms with van der Waals surface area (Å²) >= 11 is 0. The Balaban J connectivity index is 3.62. The average molecular weight is 481 g/mol. The molecule has 196 valence electrons. The van der Waals surface area contributed by atoms with E-state index in [0.29, 0.717) is 12.8 Å². The largest absolute Gasteiger partial charge is 0.469 e. The fraction of sp³-hybridized carbons (Fsp3) is 0.913. The Labute approximate surface area is 197 Å². The van der Waals surface area contributed by atoms with Crippen LogP contribution in [0.3, 0.4) is 0 Å². The fourth-order valence-electron chi connectivity index (χ4n) is 2.60. The zero-order valence-electron chi connectivity index (χ0n) is 20.6. The van der Waals surface area contributed by atoms with Crippen molar-refractivity contribution in [2.24, 2.45) is 0 Å². The normalized spacial score (nSPS) is 14.5. The molecule has 0 aromatic heterocycles. The molecule has 0 fully saturated rings. The maximum absolute atomic E-state index is 11.7. The molecule has 0 aromatic carbocycles. The van der Waals surface area contributed by atoms with Crippen LogP contribution in [-0.4, -0.2) is 97.9 Å². The summed E-state index contributed by atoms with van der Waals surface area (Å²) in [7, 11) is 1.37. The maximum Gasteiger partial charge on any atom is 0.305 e. The highest BCUT2D eigenvalue weighted by atomic mass is 16.6. The lowest BCUT2D eigenvalue weighted by atomic mass is 10.1. The number of methoxy groups -OCH3 is 1. The van der Waals surface area contributed by atoms with E-state index in [2.05, 4.69) is 4.74 Å². The monoisotopic (exact) mass is 480 g/mol. The van der Waals surface area contributed by atoms with Gasteiger partial charge >= 0.3 is 11.9 Å². The lowest BCUT2D eigenvalue weighted by molar-refractivity contribution is -0.148. The molecular formula is C23H44O10. The second-order valence-corrected chi connectivity index (χ2v) is 8.99. The van der Waals surface area contributed by atoms with Crippen LogP contribution in [0.4, 0.5) is 0 Å². The lowest BCUT2D eigenvalue weighted by Crippen LogP contribution is -2.31. The highest BCUT2D eigenvalue weighted by Gasteiger charge is 2.15. The molecule has 0 saturated heterocycles. The molecule has 33 heavy (non-hydrogen) atoms. The van der Waals surface area contributed by atoms with E-state index in [1.807, 2.05) is 20.8 Å². The zero-order chi connectivity index (χ0) is 25.1. The molecule has 3 unspecified atom stereocenters. The summed E-state index contributed by atoms with van der Waals surface area (Å²) in [5, 5.41) is 29.4. The number of ether oxygens (including phenoxy) is 5. The van der Waals surface area contributed by atoms with Gasteiger partial charge in [0.05, 0.1) is 45.7 Å². The third kappa shape index (κ3) is 22.3. The number of hydrogen-bond donors (Lipinski definition) is 3. The number of hydrogen-bond acceptors (Lipinski definition) is 10. The highest BCUT2D eigenvalue weighted by molar-refractivity contribution is 5.69. The molecule has 0 amide bonds. The Morgan fingerprint density at radius 3 is 1.58 bits per heavy atom. The van der Waals surface area contributed by atoms with Crippen molar-refractivity contribution in [3.05, 3.63) is 0 Å². The predicted octanol–water partition coefficient (Wildman–Crippen LogP) is 1.36. The number of carbonyl (C=O) groups excluding carboxylic acids is 2. The summed E-state index contributed by atoms with van der Waals surface area (Å²) in [6.07, 6.45) is 2.15. The Morgan fingerprint density at radius 2 is 1.09 bits per heavy atom. The minimum absolute atomic E-state index is 0.0270. The van der Waals surface area contributed by atoms with E-state index < -0.39 is 18.3 Å². The van der Waals surface area contributed by atoms with Crippen molar-refractivity contribution in [3.8, 4) is 0 Å². The van der Waals surface area contributed by atoms with Gasteiger partial charge in [0.1, 0.15) is 24.9 Å². The second kappa shape index (κ2) is 19.1. The Hall–Kier alpha value is -1.30. The first-order valence-corrected chi connectivity index (χ1v) is 11.6. The SMILES string of the molecule is COC(=O)CCCCCCCC(=O)OCC(O)COCC(O)COCC(O)COC(C)(C)C. The summed E-state index contributed by atoms with van der Waals surface area (Å²) in [5.41, 5.74) is -0.350. The first kappa shape index (κ1) is 31.7. The van der Waals surface area contributed by atoms with Gasteiger partial charge in [-0.05, 0) is 33.6 Å². The average Bonchev–Trinajstić information content (AvgIpc) is 2.74. The summed E-state index contributed by atoms with van der Waals surface area (Å²) in [4.78, 5) is 22.7. The number of aliphatic hydroxyl groups excluding tert-OH is 3. The number of rotatable bonds is 20. The Kier molecular flexibility index (Phi) is 18.3. The van der Waals surface area contributed by atoms with Crippen LogP contribution in [0.5, 0.6) is 0 Å². The van der Waals surface area contributed by atoms with E-state index in [4.69, 9.17) is 18.9 Å². The molecule has 3 N–H and O–H groups in total. The van der Waals surface area contributed by atoms with Crippen molar-refractivity contribution in [2.75, 3.05) is 46.8 Å². The van der Waals surface area contributed by atoms with Crippen LogP contribution in [0.15, 0.2) is 0 Å². The zero-order valence-corrected chi connectivity index (χ0v) is 20.6. The minimum atomic E-state index is -0.989. The molecule has 10 nitrogen and oxygen atoms in total. The molecule has 3 atom stereocenters. The molecule has 0 heterocycles. The van der Waals surface area contributed by atoms with Crippen LogP contribution in [0.1, 0.15) is 65.7 Å². The fourth-order valence-corrected chi connectivity index (χ4v) is 2.60. The minimum Gasteiger partial charge on any atom is -0.469 e. The van der Waals surface area contributed by atoms with Gasteiger partial charge in [0, 0.05) is 12.8 Å². The Bertz CT molecular complexity index is 506. The van der Waals surface area contributed by atoms with E-state index in [1.165, 1.54) is 7.11 Å². The maximum atomic E-state index is 11.7. The van der Waals surface area contributed by atoms with Crippen LogP contribution in [0, 0.1) is 0 Å². The quantitative estimate of drug-likeness (QED) is 0.173. The predicted molar refractivity (Wildman–Crippen MR) is 121 cm³/mol. The molecule has 0 radical (unpaired) electrons. The summed E-state index contributed by atoms with van der Waals surface area (Å²) in [6, 6.07) is 0. The van der Waals surface area contributed by atoms with Gasteiger partial charge < -0.3 is 39.0 Å². The van der Waals surface area contributed by atoms with Gasteiger partial charge in [-0.1, -0.05) is 19.3 Å². The molecule has 0 saturated carbocycles. The molecule has 0 aliphatic rings. The van der Waals surface area contributed by atoms with E-state index in [1.54, 1.807) is 0 Å². The lowest BCUT2D eigenvalue weighted by Gasteiger charge is -2.22. The topological polar surface area (TPSA) is 141 Å². The van der Waals surface area contributed by atoms with Gasteiger partial charge in [-0.3, -0.25) is 9.59 Å². The third-order valence-corrected chi connectivity index (χ3v) is 4.38. The van der Waals surface area contributed by atoms with Gasteiger partial charge in [-0.15, -0.1) is 0 Å². The van der Waals surface area contributed by atoms with Gasteiger partial charge in [-0.2, -0.15) is 0 Å². The van der Waals surface area contributed by atoms with E-state index in [0.717, 1.165) is 25.7 Å². The first-order valence-electron chi connectivity index (χ1n) is 11.6. The van der Waals surface area contributed by atoms with Crippen LogP contribution >= 0.6 is 0 Å². The van der Waals surface area contributed by atoms with Crippen molar-refractivity contribution < 1.29 is 48.6 Å². The van der Waals surface area contributed by atoms with Crippen LogP contribution in [0.25, 0.3) is 0 Å². The smallest absolute Gasteiger partial charge is 0.305 e. The van der Waals surface area contributed by atoms with Crippen molar-refractivity contribution in [2.45, 2.75) is 89.6 Å². The van der Waals surface area contributed by atoms with Crippen molar-refractivity contribution in [1.29, 1.82) is 0 Å². The second-order valence-electron chi connectivity index (χ2n) is 8.99. The van der Waals surface area contributed by atoms with Crippen LogP contribution in [0.2, 0.25) is 0 Å². The van der Waals surface area contributed by atoms with Crippen molar-refractivity contribution in [1.82, 2.24) is 0 Å². The number of esters is 2. The molecular weight excluding hydrogens is 436 g/mol. The van der Waals surface area contributed by atoms with E-state index in [9.17, 15) is 24.9 Å². The molecule has 10 heteroatoms. The highest BCUT2D eigenvalue weighted by Crippen LogP contribution is 2.09. The molecule has 0 aliphatic carbocycles. The summed E-state index contributed by atoms with van der Waals surface area (Å²) in [5.74, 6) is -0.590. The molecule has 0 bridgehead atoms. The molecule has 0 aliphatic heterocycles. The third-order valence-electron chi connectivity index (χ3n) is 4.38. The number of aliphatic hydroxyl groups is 3. The molecule has 0 rings (SSSR count). The standard InChI is InChI=1S/C23H44O10/c1-23(2,3)33-17-20(26)15-31-13-18(24)12-30-14-19(25)16-32-22(28)11-9-7-5-6-8-10-21(27)29-4/h18-20,24-26H,5-17H2,1-4H3. The number of carbonyl (C=O) groups is 2. The first-order chi connectivity index (χ1) is 15.5. The van der Waals surface area contributed by atoms with Crippen LogP contribution in [-0.2, 0) is 33.3 Å². The van der Waals surface area contributed by atoms with E-state index >= 15 is 0 Å². The Morgan fingerprint density at radius 1 is 0.667 bits per heavy atom. The van der Waals surface area contributed by atoms with Gasteiger partial charge in [-0.25, -0.2) is 0 Å². The molecule has 0 spiro atoms. The van der Waals surface area contributed by atoms with Crippen molar-refractivity contribution in [3.63, 3.8) is 0 Å². The van der Waals surface area contributed by atoms with Crippen molar-refractivity contribution >= 4 is 11.9 Å². The summed E-state index contributed by atoms with van der Waals surface area (Å²) in [6.45, 7) is 5.47. The van der Waals surface area contributed by atoms with Gasteiger partial charge in [0.25, 0.3) is 0 Å². The van der Waals surface area contributed by atoms with Gasteiger partial charge in [0.15, 0.2) is 0 Å².